The molecule has 0 saturated heterocycles. The van der Waals surface area contributed by atoms with Gasteiger partial charge < -0.3 is 19.0 Å². The number of carboxylic acid groups (broad SMARTS) is 1. The molecule has 26 heavy (non-hydrogen) atoms. The zero-order valence-electron chi connectivity index (χ0n) is 15.2. The number of rotatable bonds is 8. The van der Waals surface area contributed by atoms with Crippen molar-refractivity contribution in [2.24, 2.45) is 5.92 Å². The monoisotopic (exact) mass is 358 g/mol. The van der Waals surface area contributed by atoms with E-state index in [1.807, 2.05) is 27.8 Å². The molecule has 0 radical (unpaired) electrons. The summed E-state index contributed by atoms with van der Waals surface area (Å²) in [6.45, 7) is 3.87. The Morgan fingerprint density at radius 1 is 1.27 bits per heavy atom. The second-order valence-corrected chi connectivity index (χ2v) is 6.94. The fraction of sp³-hybridized carbons (Fsp3) is 0.500. The quantitative estimate of drug-likeness (QED) is 0.780. The van der Waals surface area contributed by atoms with Crippen molar-refractivity contribution in [1.29, 1.82) is 0 Å². The van der Waals surface area contributed by atoms with E-state index in [2.05, 4.69) is 6.92 Å². The molecule has 2 heterocycles. The zero-order chi connectivity index (χ0) is 18.5. The number of aromatic nitrogens is 1. The Kier molecular flexibility index (Phi) is 5.81. The fourth-order valence-electron chi connectivity index (χ4n) is 3.66. The molecule has 1 fully saturated rings. The van der Waals surface area contributed by atoms with E-state index in [4.69, 9.17) is 9.52 Å². The van der Waals surface area contributed by atoms with Crippen LogP contribution in [0.3, 0.4) is 0 Å². The molecule has 2 aromatic rings. The largest absolute Gasteiger partial charge is 0.475 e. The highest BCUT2D eigenvalue weighted by molar-refractivity contribution is 5.84. The number of hydrogen-bond acceptors (Lipinski definition) is 3. The summed E-state index contributed by atoms with van der Waals surface area (Å²) in [5.74, 6) is -0.0987. The third-order valence-electron chi connectivity index (χ3n) is 4.98. The topological polar surface area (TPSA) is 75.7 Å². The van der Waals surface area contributed by atoms with E-state index in [1.54, 1.807) is 6.07 Å². The summed E-state index contributed by atoms with van der Waals surface area (Å²) in [6, 6.07) is 7.10. The van der Waals surface area contributed by atoms with Crippen LogP contribution in [0.5, 0.6) is 0 Å². The van der Waals surface area contributed by atoms with Crippen molar-refractivity contribution < 1.29 is 19.1 Å². The summed E-state index contributed by atoms with van der Waals surface area (Å²) in [5, 5.41) is 8.98. The summed E-state index contributed by atoms with van der Waals surface area (Å²) in [5.41, 5.74) is 1.03. The molecule has 1 aliphatic rings. The molecule has 6 nitrogen and oxygen atoms in total. The van der Waals surface area contributed by atoms with Crippen LogP contribution in [0.4, 0.5) is 0 Å². The predicted molar refractivity (Wildman–Crippen MR) is 96.9 cm³/mol. The van der Waals surface area contributed by atoms with Gasteiger partial charge in [-0.1, -0.05) is 19.8 Å². The Morgan fingerprint density at radius 3 is 2.69 bits per heavy atom. The van der Waals surface area contributed by atoms with Gasteiger partial charge in [0.15, 0.2) is 0 Å². The number of carboxylic acids is 1. The molecule has 0 atom stereocenters. The molecule has 1 saturated carbocycles. The van der Waals surface area contributed by atoms with Crippen LogP contribution in [0.25, 0.3) is 0 Å². The summed E-state index contributed by atoms with van der Waals surface area (Å²) in [6.07, 6.45) is 7.17. The van der Waals surface area contributed by atoms with Gasteiger partial charge in [0.2, 0.25) is 11.7 Å². The van der Waals surface area contributed by atoms with Crippen LogP contribution in [0.1, 0.15) is 61.0 Å². The first-order valence-corrected chi connectivity index (χ1v) is 9.33. The van der Waals surface area contributed by atoms with Crippen molar-refractivity contribution in [2.75, 3.05) is 6.54 Å². The third-order valence-corrected chi connectivity index (χ3v) is 4.98. The number of carbonyl (C=O) groups excluding carboxylic acids is 1. The van der Waals surface area contributed by atoms with Gasteiger partial charge in [-0.3, -0.25) is 4.79 Å². The molecule has 1 N–H and O–H groups in total. The Hall–Kier alpha value is -2.50. The van der Waals surface area contributed by atoms with Crippen LogP contribution in [-0.2, 0) is 17.9 Å². The van der Waals surface area contributed by atoms with Crippen LogP contribution in [0.2, 0.25) is 0 Å². The first-order chi connectivity index (χ1) is 12.6. The lowest BCUT2D eigenvalue weighted by Crippen LogP contribution is -2.36. The molecular weight excluding hydrogens is 332 g/mol. The maximum atomic E-state index is 12.8. The minimum atomic E-state index is -1.07. The van der Waals surface area contributed by atoms with Gasteiger partial charge in [0.1, 0.15) is 5.76 Å². The smallest absolute Gasteiger partial charge is 0.371 e. The minimum absolute atomic E-state index is 0.0577. The molecule has 2 aromatic heterocycles. The standard InChI is InChI=1S/C20H26N2O4/c1-2-11-22(19(23)15-6-3-4-7-15)13-16-8-5-12-21(16)14-17-9-10-18(26-17)20(24)25/h5,8-10,12,15H,2-4,6-7,11,13-14H2,1H3,(H,24,25). The number of amides is 1. The van der Waals surface area contributed by atoms with Crippen LogP contribution >= 0.6 is 0 Å². The molecular formula is C20H26N2O4. The van der Waals surface area contributed by atoms with E-state index in [0.29, 0.717) is 18.8 Å². The van der Waals surface area contributed by atoms with Gasteiger partial charge in [-0.15, -0.1) is 0 Å². The molecule has 0 aliphatic heterocycles. The van der Waals surface area contributed by atoms with E-state index in [0.717, 1.165) is 44.3 Å². The van der Waals surface area contributed by atoms with Gasteiger partial charge >= 0.3 is 5.97 Å². The maximum Gasteiger partial charge on any atom is 0.371 e. The van der Waals surface area contributed by atoms with E-state index in [-0.39, 0.29) is 17.6 Å². The number of nitrogens with zero attached hydrogens (tertiary/aromatic N) is 2. The van der Waals surface area contributed by atoms with Crippen LogP contribution < -0.4 is 0 Å². The molecule has 0 unspecified atom stereocenters. The third kappa shape index (κ3) is 4.18. The van der Waals surface area contributed by atoms with Crippen LogP contribution in [0.15, 0.2) is 34.9 Å². The van der Waals surface area contributed by atoms with E-state index in [9.17, 15) is 9.59 Å². The lowest BCUT2D eigenvalue weighted by Gasteiger charge is -2.26. The predicted octanol–water partition coefficient (Wildman–Crippen LogP) is 3.76. The van der Waals surface area contributed by atoms with Crippen molar-refractivity contribution in [3.8, 4) is 0 Å². The highest BCUT2D eigenvalue weighted by atomic mass is 16.4. The van der Waals surface area contributed by atoms with Gasteiger partial charge in [-0.25, -0.2) is 4.79 Å². The molecule has 0 bridgehead atoms. The average Bonchev–Trinajstić information content (AvgIpc) is 3.36. The SMILES string of the molecule is CCCN(Cc1cccn1Cc1ccc(C(=O)O)o1)C(=O)C1CCCC1. The highest BCUT2D eigenvalue weighted by Gasteiger charge is 2.27. The average molecular weight is 358 g/mol. The maximum absolute atomic E-state index is 12.8. The Morgan fingerprint density at radius 2 is 2.04 bits per heavy atom. The Labute approximate surface area is 153 Å². The molecule has 140 valence electrons. The summed E-state index contributed by atoms with van der Waals surface area (Å²) in [7, 11) is 0. The number of aromatic carboxylic acids is 1. The lowest BCUT2D eigenvalue weighted by atomic mass is 10.1. The van der Waals surface area contributed by atoms with Gasteiger partial charge in [0.05, 0.1) is 13.1 Å². The van der Waals surface area contributed by atoms with Crippen LogP contribution in [0, 0.1) is 5.92 Å². The van der Waals surface area contributed by atoms with Gasteiger partial charge in [-0.2, -0.15) is 0 Å². The zero-order valence-corrected chi connectivity index (χ0v) is 15.2. The van der Waals surface area contributed by atoms with Crippen LogP contribution in [-0.4, -0.2) is 33.0 Å². The summed E-state index contributed by atoms with van der Waals surface area (Å²) >= 11 is 0. The van der Waals surface area contributed by atoms with Gasteiger partial charge in [0, 0.05) is 24.4 Å². The van der Waals surface area contributed by atoms with Crippen molar-refractivity contribution in [3.05, 3.63) is 47.7 Å². The first-order valence-electron chi connectivity index (χ1n) is 9.33. The molecule has 0 spiro atoms. The molecule has 1 amide bonds. The summed E-state index contributed by atoms with van der Waals surface area (Å²) < 4.78 is 7.36. The molecule has 3 rings (SSSR count). The minimum Gasteiger partial charge on any atom is -0.475 e. The fourth-order valence-corrected chi connectivity index (χ4v) is 3.66. The van der Waals surface area contributed by atoms with Crippen molar-refractivity contribution in [3.63, 3.8) is 0 Å². The first kappa shape index (κ1) is 18.3. The number of carbonyl (C=O) groups is 2. The van der Waals surface area contributed by atoms with E-state index in [1.165, 1.54) is 6.07 Å². The molecule has 6 heteroatoms. The highest BCUT2D eigenvalue weighted by Crippen LogP contribution is 2.27. The Balaban J connectivity index is 1.71. The number of furan rings is 1. The van der Waals surface area contributed by atoms with Crippen molar-refractivity contribution in [2.45, 2.75) is 52.1 Å². The second kappa shape index (κ2) is 8.25. The lowest BCUT2D eigenvalue weighted by molar-refractivity contribution is -0.136. The van der Waals surface area contributed by atoms with Crippen molar-refractivity contribution in [1.82, 2.24) is 9.47 Å². The van der Waals surface area contributed by atoms with E-state index >= 15 is 0 Å². The molecule has 1 aliphatic carbocycles. The van der Waals surface area contributed by atoms with E-state index < -0.39 is 5.97 Å². The summed E-state index contributed by atoms with van der Waals surface area (Å²) in [4.78, 5) is 25.8. The van der Waals surface area contributed by atoms with Gasteiger partial charge in [0.25, 0.3) is 0 Å². The van der Waals surface area contributed by atoms with Gasteiger partial charge in [-0.05, 0) is 43.5 Å². The second-order valence-electron chi connectivity index (χ2n) is 6.94. The Bertz CT molecular complexity index is 755. The normalized spacial score (nSPS) is 14.7. The molecule has 0 aromatic carbocycles. The van der Waals surface area contributed by atoms with Crippen molar-refractivity contribution >= 4 is 11.9 Å². The number of hydrogen-bond donors (Lipinski definition) is 1.